The normalized spacial score (nSPS) is 55.8. The zero-order valence-corrected chi connectivity index (χ0v) is 16.0. The van der Waals surface area contributed by atoms with Crippen molar-refractivity contribution < 1.29 is 29.6 Å². The average molecular weight is 364 g/mol. The molecule has 4 aliphatic rings. The second-order valence-electron chi connectivity index (χ2n) is 9.52. The molecule has 26 heavy (non-hydrogen) atoms. The lowest BCUT2D eigenvalue weighted by Crippen LogP contribution is -2.78. The highest BCUT2D eigenvalue weighted by Gasteiger charge is 2.87. The van der Waals surface area contributed by atoms with Crippen LogP contribution in [0, 0.1) is 22.7 Å². The molecule has 7 atom stereocenters. The number of Topliss-reactive ketones (excluding diaryl/α,β-unsaturated/α-hetero) is 1. The molecule has 144 valence electrons. The standard InChI is InChI=1S/C20H28O6/c1-10(2)12-8-13(21)16(4)9-19(25)17(12,5)15(23)20(26-19)14(22)11(3)6-7-18(16,20)24/h8,10-11,14,22,24-25H,6-7,9H2,1-5H3/t11-,14+,16?,17-,18-,19-,20-/m0/s1. The van der Waals surface area contributed by atoms with Gasteiger partial charge in [0.1, 0.15) is 11.0 Å². The highest BCUT2D eigenvalue weighted by Crippen LogP contribution is 2.71. The third kappa shape index (κ3) is 1.49. The van der Waals surface area contributed by atoms with E-state index in [9.17, 15) is 24.9 Å². The van der Waals surface area contributed by atoms with E-state index in [4.69, 9.17) is 4.74 Å². The number of hydrogen-bond acceptors (Lipinski definition) is 6. The number of carbonyl (C=O) groups excluding carboxylic acids is 2. The number of fused-ring (bicyclic) bond motifs is 2. The van der Waals surface area contributed by atoms with Gasteiger partial charge in [-0.05, 0) is 50.2 Å². The molecule has 1 spiro atoms. The molecule has 0 radical (unpaired) electrons. The maximum atomic E-state index is 13.8. The van der Waals surface area contributed by atoms with Crippen molar-refractivity contribution in [1.29, 1.82) is 0 Å². The fourth-order valence-electron chi connectivity index (χ4n) is 6.22. The summed E-state index contributed by atoms with van der Waals surface area (Å²) in [5.74, 6) is -3.23. The van der Waals surface area contributed by atoms with Crippen LogP contribution in [0.5, 0.6) is 0 Å². The predicted octanol–water partition coefficient (Wildman–Crippen LogP) is 1.12. The largest absolute Gasteiger partial charge is 0.389 e. The molecule has 3 bridgehead atoms. The Morgan fingerprint density at radius 2 is 1.85 bits per heavy atom. The second-order valence-corrected chi connectivity index (χ2v) is 9.52. The number of ether oxygens (including phenoxy) is 1. The maximum absolute atomic E-state index is 13.8. The highest BCUT2D eigenvalue weighted by molar-refractivity contribution is 6.08. The quantitative estimate of drug-likeness (QED) is 0.644. The van der Waals surface area contributed by atoms with Gasteiger partial charge in [0.15, 0.2) is 23.0 Å². The van der Waals surface area contributed by atoms with Crippen LogP contribution < -0.4 is 0 Å². The summed E-state index contributed by atoms with van der Waals surface area (Å²) in [6, 6.07) is 0. The van der Waals surface area contributed by atoms with Gasteiger partial charge in [0.2, 0.25) is 0 Å². The van der Waals surface area contributed by atoms with Gasteiger partial charge >= 0.3 is 0 Å². The molecular formula is C20H28O6. The lowest BCUT2D eigenvalue weighted by atomic mass is 9.51. The minimum absolute atomic E-state index is 0.163. The molecule has 0 aromatic carbocycles. The molecule has 4 rings (SSSR count). The van der Waals surface area contributed by atoms with Gasteiger partial charge in [-0.2, -0.15) is 0 Å². The molecule has 3 N–H and O–H groups in total. The number of rotatable bonds is 1. The van der Waals surface area contributed by atoms with E-state index in [1.54, 1.807) is 20.8 Å². The van der Waals surface area contributed by atoms with Gasteiger partial charge in [-0.3, -0.25) is 9.59 Å². The molecule has 2 saturated heterocycles. The van der Waals surface area contributed by atoms with Crippen LogP contribution in [0.3, 0.4) is 0 Å². The van der Waals surface area contributed by atoms with Gasteiger partial charge < -0.3 is 20.1 Å². The molecule has 1 unspecified atom stereocenters. The first-order valence-corrected chi connectivity index (χ1v) is 9.46. The number of carbonyl (C=O) groups is 2. The van der Waals surface area contributed by atoms with Gasteiger partial charge in [0.25, 0.3) is 0 Å². The van der Waals surface area contributed by atoms with Crippen LogP contribution in [0.15, 0.2) is 11.6 Å². The van der Waals surface area contributed by atoms with Crippen molar-refractivity contribution in [2.45, 2.75) is 77.0 Å². The molecular weight excluding hydrogens is 336 g/mol. The molecule has 3 fully saturated rings. The number of hydrogen-bond donors (Lipinski definition) is 3. The minimum Gasteiger partial charge on any atom is -0.389 e. The molecule has 2 aliphatic heterocycles. The van der Waals surface area contributed by atoms with Gasteiger partial charge in [0.05, 0.1) is 11.5 Å². The third-order valence-electron chi connectivity index (χ3n) is 7.97. The van der Waals surface area contributed by atoms with Crippen LogP contribution in [0.25, 0.3) is 0 Å². The van der Waals surface area contributed by atoms with Crippen LogP contribution in [0.1, 0.15) is 53.9 Å². The van der Waals surface area contributed by atoms with Gasteiger partial charge in [-0.15, -0.1) is 0 Å². The first kappa shape index (κ1) is 18.3. The molecule has 1 saturated carbocycles. The van der Waals surface area contributed by atoms with E-state index in [-0.39, 0.29) is 30.5 Å². The van der Waals surface area contributed by atoms with E-state index in [1.807, 2.05) is 13.8 Å². The number of allylic oxidation sites excluding steroid dienone is 1. The summed E-state index contributed by atoms with van der Waals surface area (Å²) in [5, 5.41) is 34.3. The van der Waals surface area contributed by atoms with E-state index in [2.05, 4.69) is 0 Å². The van der Waals surface area contributed by atoms with Crippen molar-refractivity contribution in [3.8, 4) is 0 Å². The monoisotopic (exact) mass is 364 g/mol. The van der Waals surface area contributed by atoms with Crippen LogP contribution >= 0.6 is 0 Å². The van der Waals surface area contributed by atoms with Crippen molar-refractivity contribution in [3.05, 3.63) is 11.6 Å². The Bertz CT molecular complexity index is 757. The first-order valence-electron chi connectivity index (χ1n) is 9.46. The Labute approximate surface area is 153 Å². The second kappa shape index (κ2) is 4.66. The number of aliphatic hydroxyl groups excluding tert-OH is 1. The molecule has 0 aromatic rings. The lowest BCUT2D eigenvalue weighted by Gasteiger charge is -2.61. The molecule has 0 aromatic heterocycles. The maximum Gasteiger partial charge on any atom is 0.186 e. The Kier molecular flexibility index (Phi) is 3.28. The summed E-state index contributed by atoms with van der Waals surface area (Å²) in [6.45, 7) is 8.70. The van der Waals surface area contributed by atoms with Crippen LogP contribution in [-0.4, -0.2) is 50.0 Å². The van der Waals surface area contributed by atoms with Crippen LogP contribution in [0.2, 0.25) is 0 Å². The third-order valence-corrected chi connectivity index (χ3v) is 7.97. The van der Waals surface area contributed by atoms with E-state index < -0.39 is 39.7 Å². The van der Waals surface area contributed by atoms with Crippen molar-refractivity contribution >= 4 is 11.6 Å². The molecule has 6 nitrogen and oxygen atoms in total. The molecule has 2 heterocycles. The molecule has 6 heteroatoms. The zero-order chi connectivity index (χ0) is 19.5. The average Bonchev–Trinajstić information content (AvgIpc) is 2.67. The van der Waals surface area contributed by atoms with E-state index in [1.165, 1.54) is 6.08 Å². The highest BCUT2D eigenvalue weighted by atomic mass is 16.7. The Morgan fingerprint density at radius 1 is 1.23 bits per heavy atom. The van der Waals surface area contributed by atoms with Crippen molar-refractivity contribution in [1.82, 2.24) is 0 Å². The molecule has 0 amide bonds. The fourth-order valence-corrected chi connectivity index (χ4v) is 6.22. The van der Waals surface area contributed by atoms with E-state index >= 15 is 0 Å². The topological polar surface area (TPSA) is 104 Å². The smallest absolute Gasteiger partial charge is 0.186 e. The van der Waals surface area contributed by atoms with Gasteiger partial charge in [0, 0.05) is 6.42 Å². The summed E-state index contributed by atoms with van der Waals surface area (Å²) in [6.07, 6.45) is 0.598. The Balaban J connectivity index is 2.13. The van der Waals surface area contributed by atoms with E-state index in [0.717, 1.165) is 0 Å². The zero-order valence-electron chi connectivity index (χ0n) is 16.0. The van der Waals surface area contributed by atoms with Gasteiger partial charge in [-0.1, -0.05) is 20.8 Å². The van der Waals surface area contributed by atoms with Crippen LogP contribution in [0.4, 0.5) is 0 Å². The minimum atomic E-state index is -1.99. The number of aliphatic hydroxyl groups is 3. The summed E-state index contributed by atoms with van der Waals surface area (Å²) >= 11 is 0. The fraction of sp³-hybridized carbons (Fsp3) is 0.800. The lowest BCUT2D eigenvalue weighted by molar-refractivity contribution is -0.375. The predicted molar refractivity (Wildman–Crippen MR) is 91.9 cm³/mol. The van der Waals surface area contributed by atoms with Crippen molar-refractivity contribution in [2.75, 3.05) is 0 Å². The van der Waals surface area contributed by atoms with Crippen LogP contribution in [-0.2, 0) is 14.3 Å². The van der Waals surface area contributed by atoms with Crippen molar-refractivity contribution in [3.63, 3.8) is 0 Å². The molecule has 2 aliphatic carbocycles. The summed E-state index contributed by atoms with van der Waals surface area (Å²) in [5.41, 5.74) is -6.25. The Hall–Kier alpha value is -1.08. The SMILES string of the molecule is CC(C)C1=CC(=O)C2(C)C[C@]3(O)O[C@]4(C(=O)[C@]13C)[C@H](O)[C@@H](C)CC[C@]24O. The summed E-state index contributed by atoms with van der Waals surface area (Å²) < 4.78 is 6.00. The summed E-state index contributed by atoms with van der Waals surface area (Å²) in [4.78, 5) is 27.1. The van der Waals surface area contributed by atoms with Crippen molar-refractivity contribution in [2.24, 2.45) is 22.7 Å². The Morgan fingerprint density at radius 3 is 2.42 bits per heavy atom. The van der Waals surface area contributed by atoms with E-state index in [0.29, 0.717) is 12.0 Å². The summed E-state index contributed by atoms with van der Waals surface area (Å²) in [7, 11) is 0. The number of ketones is 2. The van der Waals surface area contributed by atoms with Gasteiger partial charge in [-0.25, -0.2) is 0 Å². The first-order chi connectivity index (χ1) is 11.8.